The summed E-state index contributed by atoms with van der Waals surface area (Å²) in [6.45, 7) is 0. The molecule has 0 radical (unpaired) electrons. The van der Waals surface area contributed by atoms with Crippen molar-refractivity contribution in [3.05, 3.63) is 0 Å². The van der Waals surface area contributed by atoms with Crippen LogP contribution in [0.1, 0.15) is 32.1 Å². The van der Waals surface area contributed by atoms with Crippen LogP contribution >= 0.6 is 0 Å². The van der Waals surface area contributed by atoms with E-state index in [1.165, 1.54) is 12.7 Å². The zero-order valence-electron chi connectivity index (χ0n) is 9.07. The minimum absolute atomic E-state index is 0.170. The first-order valence-electron chi connectivity index (χ1n) is 5.54. The van der Waals surface area contributed by atoms with E-state index in [0.717, 1.165) is 19.3 Å². The third kappa shape index (κ3) is 2.03. The Labute approximate surface area is 91.4 Å². The fourth-order valence-corrected chi connectivity index (χ4v) is 4.05. The first-order chi connectivity index (χ1) is 6.95. The third-order valence-electron chi connectivity index (χ3n) is 4.12. The summed E-state index contributed by atoms with van der Waals surface area (Å²) < 4.78 is 22.3. The van der Waals surface area contributed by atoms with Crippen molar-refractivity contribution in [1.29, 1.82) is 5.26 Å². The maximum absolute atomic E-state index is 11.1. The Morgan fingerprint density at radius 1 is 1.47 bits per heavy atom. The van der Waals surface area contributed by atoms with Gasteiger partial charge in [-0.25, -0.2) is 8.42 Å². The Bertz CT molecular complexity index is 395. The van der Waals surface area contributed by atoms with Crippen molar-refractivity contribution in [1.82, 2.24) is 0 Å². The van der Waals surface area contributed by atoms with Crippen LogP contribution in [0, 0.1) is 28.6 Å². The first kappa shape index (κ1) is 10.9. The fourth-order valence-electron chi connectivity index (χ4n) is 3.31. The number of nitriles is 1. The number of nitrogens with zero attached hydrogens (tertiary/aromatic N) is 1. The zero-order valence-corrected chi connectivity index (χ0v) is 9.89. The maximum atomic E-state index is 11.1. The van der Waals surface area contributed by atoms with Crippen LogP contribution in [-0.2, 0) is 9.84 Å². The van der Waals surface area contributed by atoms with Crippen LogP contribution in [0.5, 0.6) is 0 Å². The van der Waals surface area contributed by atoms with Crippen molar-refractivity contribution >= 4 is 9.84 Å². The van der Waals surface area contributed by atoms with Gasteiger partial charge in [0.1, 0.15) is 9.84 Å². The van der Waals surface area contributed by atoms with Crippen molar-refractivity contribution in [2.45, 2.75) is 32.1 Å². The molecule has 0 spiro atoms. The highest BCUT2D eigenvalue weighted by atomic mass is 32.2. The van der Waals surface area contributed by atoms with Crippen LogP contribution in [0.4, 0.5) is 0 Å². The van der Waals surface area contributed by atoms with Crippen molar-refractivity contribution < 1.29 is 8.42 Å². The Kier molecular flexibility index (Phi) is 2.54. The number of hydrogen-bond donors (Lipinski definition) is 0. The summed E-state index contributed by atoms with van der Waals surface area (Å²) in [6.07, 6.45) is 6.25. The van der Waals surface area contributed by atoms with Gasteiger partial charge in [0.2, 0.25) is 0 Å². The van der Waals surface area contributed by atoms with E-state index in [2.05, 4.69) is 6.07 Å². The highest BCUT2D eigenvalue weighted by Crippen LogP contribution is 2.57. The predicted molar refractivity (Wildman–Crippen MR) is 57.8 cm³/mol. The van der Waals surface area contributed by atoms with Gasteiger partial charge in [-0.3, -0.25) is 0 Å². The molecule has 4 heteroatoms. The fraction of sp³-hybridized carbons (Fsp3) is 0.909. The minimum atomic E-state index is -2.93. The zero-order chi connectivity index (χ0) is 11.1. The molecule has 0 amide bonds. The lowest BCUT2D eigenvalue weighted by atomic mass is 9.72. The van der Waals surface area contributed by atoms with Crippen LogP contribution in [0.15, 0.2) is 0 Å². The molecule has 0 N–H and O–H groups in total. The number of sulfone groups is 1. The van der Waals surface area contributed by atoms with Gasteiger partial charge in [-0.2, -0.15) is 5.26 Å². The molecular weight excluding hydrogens is 210 g/mol. The van der Waals surface area contributed by atoms with Crippen molar-refractivity contribution in [3.63, 3.8) is 0 Å². The maximum Gasteiger partial charge on any atom is 0.147 e. The topological polar surface area (TPSA) is 57.9 Å². The minimum Gasteiger partial charge on any atom is -0.229 e. The molecule has 2 fully saturated rings. The van der Waals surface area contributed by atoms with E-state index in [0.29, 0.717) is 18.3 Å². The quantitative estimate of drug-likeness (QED) is 0.738. The highest BCUT2D eigenvalue weighted by Gasteiger charge is 2.51. The van der Waals surface area contributed by atoms with Crippen molar-refractivity contribution in [2.24, 2.45) is 17.3 Å². The van der Waals surface area contributed by atoms with Crippen LogP contribution in [-0.4, -0.2) is 20.4 Å². The lowest BCUT2D eigenvalue weighted by molar-refractivity contribution is 0.233. The van der Waals surface area contributed by atoms with Crippen LogP contribution in [0.25, 0.3) is 0 Å². The van der Waals surface area contributed by atoms with Gasteiger partial charge in [0.25, 0.3) is 0 Å². The molecule has 2 aliphatic rings. The number of hydrogen-bond acceptors (Lipinski definition) is 3. The second-order valence-corrected chi connectivity index (χ2v) is 7.49. The lowest BCUT2D eigenvalue weighted by Crippen LogP contribution is -2.28. The standard InChI is InChI=1S/C11H17NO2S/c1-15(13,14)5-4-11(8-12)7-9-2-3-10(11)6-9/h9-10H,2-7H2,1H3. The largest absolute Gasteiger partial charge is 0.229 e. The second-order valence-electron chi connectivity index (χ2n) is 5.23. The normalized spacial score (nSPS) is 39.2. The summed E-state index contributed by atoms with van der Waals surface area (Å²) in [7, 11) is -2.93. The van der Waals surface area contributed by atoms with E-state index in [4.69, 9.17) is 0 Å². The van der Waals surface area contributed by atoms with Crippen LogP contribution in [0.2, 0.25) is 0 Å². The van der Waals surface area contributed by atoms with Crippen LogP contribution in [0.3, 0.4) is 0 Å². The molecule has 84 valence electrons. The molecule has 2 saturated carbocycles. The van der Waals surface area contributed by atoms with E-state index < -0.39 is 9.84 Å². The monoisotopic (exact) mass is 227 g/mol. The molecule has 0 aliphatic heterocycles. The molecule has 3 atom stereocenters. The SMILES string of the molecule is CS(=O)(=O)CCC1(C#N)CC2CCC1C2. The van der Waals surface area contributed by atoms with Gasteiger partial charge in [0, 0.05) is 6.26 Å². The summed E-state index contributed by atoms with van der Waals surface area (Å²) in [5.74, 6) is 1.33. The lowest BCUT2D eigenvalue weighted by Gasteiger charge is -2.30. The van der Waals surface area contributed by atoms with E-state index in [9.17, 15) is 13.7 Å². The Balaban J connectivity index is 2.08. The molecule has 2 rings (SSSR count). The molecule has 2 aliphatic carbocycles. The van der Waals surface area contributed by atoms with Gasteiger partial charge >= 0.3 is 0 Å². The Hall–Kier alpha value is -0.560. The van der Waals surface area contributed by atoms with Crippen LogP contribution < -0.4 is 0 Å². The van der Waals surface area contributed by atoms with Gasteiger partial charge < -0.3 is 0 Å². The first-order valence-corrected chi connectivity index (χ1v) is 7.60. The summed E-state index contributed by atoms with van der Waals surface area (Å²) >= 11 is 0. The molecule has 0 aromatic rings. The smallest absolute Gasteiger partial charge is 0.147 e. The highest BCUT2D eigenvalue weighted by molar-refractivity contribution is 7.90. The summed E-state index contributed by atoms with van der Waals surface area (Å²) in [6, 6.07) is 2.42. The summed E-state index contributed by atoms with van der Waals surface area (Å²) in [5.41, 5.74) is -0.313. The van der Waals surface area contributed by atoms with Gasteiger partial charge in [0.15, 0.2) is 0 Å². The molecule has 2 bridgehead atoms. The molecule has 3 unspecified atom stereocenters. The molecule has 0 aromatic carbocycles. The third-order valence-corrected chi connectivity index (χ3v) is 5.06. The number of fused-ring (bicyclic) bond motifs is 2. The average molecular weight is 227 g/mol. The molecular formula is C11H17NO2S. The van der Waals surface area contributed by atoms with Gasteiger partial charge in [-0.05, 0) is 37.5 Å². The average Bonchev–Trinajstić information content (AvgIpc) is 2.73. The van der Waals surface area contributed by atoms with E-state index in [1.807, 2.05) is 0 Å². The van der Waals surface area contributed by atoms with Crippen molar-refractivity contribution in [2.75, 3.05) is 12.0 Å². The van der Waals surface area contributed by atoms with Gasteiger partial charge in [-0.1, -0.05) is 6.42 Å². The van der Waals surface area contributed by atoms with E-state index in [-0.39, 0.29) is 11.2 Å². The van der Waals surface area contributed by atoms with Crippen molar-refractivity contribution in [3.8, 4) is 6.07 Å². The van der Waals surface area contributed by atoms with Gasteiger partial charge in [-0.15, -0.1) is 0 Å². The predicted octanol–water partition coefficient (Wildman–Crippen LogP) is 1.75. The second kappa shape index (κ2) is 3.48. The van der Waals surface area contributed by atoms with E-state index in [1.54, 1.807) is 0 Å². The molecule has 0 heterocycles. The summed E-state index contributed by atoms with van der Waals surface area (Å²) in [4.78, 5) is 0. The summed E-state index contributed by atoms with van der Waals surface area (Å²) in [5, 5.41) is 9.29. The molecule has 15 heavy (non-hydrogen) atoms. The molecule has 3 nitrogen and oxygen atoms in total. The molecule has 0 saturated heterocycles. The van der Waals surface area contributed by atoms with E-state index >= 15 is 0 Å². The Morgan fingerprint density at radius 3 is 2.60 bits per heavy atom. The molecule has 0 aromatic heterocycles. The Morgan fingerprint density at radius 2 is 2.20 bits per heavy atom. The van der Waals surface area contributed by atoms with Gasteiger partial charge in [0.05, 0.1) is 17.2 Å². The number of rotatable bonds is 3.